The molecule has 0 amide bonds. The smallest absolute Gasteiger partial charge is 0.0468 e. The van der Waals surface area contributed by atoms with Crippen molar-refractivity contribution in [3.63, 3.8) is 0 Å². The van der Waals surface area contributed by atoms with Crippen LogP contribution in [0, 0.1) is 6.92 Å². The first-order valence-corrected chi connectivity index (χ1v) is 30.7. The van der Waals surface area contributed by atoms with E-state index in [0.29, 0.717) is 5.92 Å². The third-order valence-corrected chi connectivity index (χ3v) is 18.9. The molecule has 0 aliphatic heterocycles. The van der Waals surface area contributed by atoms with E-state index in [4.69, 9.17) is 0 Å². The van der Waals surface area contributed by atoms with Crippen LogP contribution in [0.1, 0.15) is 55.9 Å². The van der Waals surface area contributed by atoms with Crippen LogP contribution >= 0.6 is 0 Å². The fourth-order valence-corrected chi connectivity index (χ4v) is 14.6. The van der Waals surface area contributed by atoms with Gasteiger partial charge in [-0.05, 0) is 217 Å². The first kappa shape index (κ1) is 52.0. The topological polar surface area (TPSA) is 6.48 Å². The summed E-state index contributed by atoms with van der Waals surface area (Å²) in [4.78, 5) is 4.98. The number of anilines is 6. The van der Waals surface area contributed by atoms with Crippen molar-refractivity contribution < 1.29 is 0 Å². The van der Waals surface area contributed by atoms with E-state index >= 15 is 0 Å². The number of rotatable bonds is 10. The predicted octanol–water partition coefficient (Wildman–Crippen LogP) is 24.3. The molecule has 0 atom stereocenters. The summed E-state index contributed by atoms with van der Waals surface area (Å²) in [5.74, 6) is 0.393. The molecule has 87 heavy (non-hydrogen) atoms. The molecular weight excluding hydrogens is 1050 g/mol. The van der Waals surface area contributed by atoms with Crippen LogP contribution in [0.2, 0.25) is 0 Å². The lowest BCUT2D eigenvalue weighted by molar-refractivity contribution is 0.660. The van der Waals surface area contributed by atoms with Crippen molar-refractivity contribution >= 4 is 98.8 Å². The Bertz CT molecular complexity index is 5260. The average Bonchev–Trinajstić information content (AvgIpc) is 1.81. The molecule has 0 N–H and O–H groups in total. The third kappa shape index (κ3) is 8.61. The second kappa shape index (κ2) is 20.6. The van der Waals surface area contributed by atoms with E-state index in [1.165, 1.54) is 131 Å². The SMILES string of the molecule is Cc1cc(N(c2ccc3ccccc3c2)c2ccc3c(-c4cccc5ccccc45)c4cc(N(c5ccc6c(c5)C(C)(C)c5ccccc5-6)c5ccc6ccccc6c5)ccc4c(-c4cccc5ccccc45)c3c2)ccc1-c1ccccc1C(C)C. The summed E-state index contributed by atoms with van der Waals surface area (Å²) in [5.41, 5.74) is 21.7. The van der Waals surface area contributed by atoms with Gasteiger partial charge in [0.25, 0.3) is 0 Å². The average molecular weight is 1110 g/mol. The molecule has 0 saturated heterocycles. The number of aryl methyl sites for hydroxylation is 1. The first-order chi connectivity index (χ1) is 42.6. The minimum absolute atomic E-state index is 0.182. The highest BCUT2D eigenvalue weighted by Crippen LogP contribution is 2.54. The molecule has 0 spiro atoms. The number of hydrogen-bond donors (Lipinski definition) is 0. The maximum absolute atomic E-state index is 2.50. The Kier molecular flexibility index (Phi) is 12.3. The standard InChI is InChI=1S/C85H64N2/c1-54(2)68-28-14-15-31-72(68)69-44-40-62(48-55(69)3)86(63-38-36-56-20-6-8-24-60(56)49-63)65-42-46-77-79(51-65)83(75-33-18-26-58-22-10-12-29-70(58)75)78-47-43-66(52-80(78)84(77)76-34-19-27-59-23-11-13-30-71(59)76)87(64-39-37-57-21-7-9-25-61(57)50-64)67-41-45-74-73-32-16-17-35-81(73)85(4,5)82(74)53-67/h6-54H,1-5H3. The van der Waals surface area contributed by atoms with E-state index < -0.39 is 0 Å². The van der Waals surface area contributed by atoms with E-state index in [2.05, 4.69) is 336 Å². The van der Waals surface area contributed by atoms with Gasteiger partial charge in [0.15, 0.2) is 0 Å². The summed E-state index contributed by atoms with van der Waals surface area (Å²) in [6.07, 6.45) is 0. The maximum Gasteiger partial charge on any atom is 0.0468 e. The van der Waals surface area contributed by atoms with Crippen LogP contribution in [-0.2, 0) is 5.41 Å². The molecule has 0 unspecified atom stereocenters. The normalized spacial score (nSPS) is 12.6. The van der Waals surface area contributed by atoms with E-state index in [1.807, 2.05) is 0 Å². The molecular formula is C85H64N2. The highest BCUT2D eigenvalue weighted by Gasteiger charge is 2.36. The fourth-order valence-electron chi connectivity index (χ4n) is 14.6. The third-order valence-electron chi connectivity index (χ3n) is 18.9. The molecule has 15 aromatic rings. The lowest BCUT2D eigenvalue weighted by Gasteiger charge is -2.30. The van der Waals surface area contributed by atoms with Gasteiger partial charge in [0.2, 0.25) is 0 Å². The summed E-state index contributed by atoms with van der Waals surface area (Å²) in [6.45, 7) is 11.6. The zero-order valence-corrected chi connectivity index (χ0v) is 49.7. The van der Waals surface area contributed by atoms with Crippen molar-refractivity contribution in [2.24, 2.45) is 0 Å². The van der Waals surface area contributed by atoms with Gasteiger partial charge in [-0.15, -0.1) is 0 Å². The van der Waals surface area contributed by atoms with E-state index in [-0.39, 0.29) is 5.41 Å². The van der Waals surface area contributed by atoms with Gasteiger partial charge >= 0.3 is 0 Å². The number of hydrogen-bond acceptors (Lipinski definition) is 2. The molecule has 15 aromatic carbocycles. The Morgan fingerprint density at radius 3 is 1.21 bits per heavy atom. The Balaban J connectivity index is 0.995. The predicted molar refractivity (Wildman–Crippen MR) is 374 cm³/mol. The van der Waals surface area contributed by atoms with Gasteiger partial charge in [0.1, 0.15) is 0 Å². The van der Waals surface area contributed by atoms with E-state index in [0.717, 1.165) is 34.1 Å². The molecule has 2 nitrogen and oxygen atoms in total. The largest absolute Gasteiger partial charge is 0.310 e. The van der Waals surface area contributed by atoms with E-state index in [9.17, 15) is 0 Å². The van der Waals surface area contributed by atoms with Crippen LogP contribution < -0.4 is 9.80 Å². The van der Waals surface area contributed by atoms with Crippen molar-refractivity contribution in [3.8, 4) is 44.5 Å². The molecule has 414 valence electrons. The van der Waals surface area contributed by atoms with Gasteiger partial charge in [-0.2, -0.15) is 0 Å². The second-order valence-electron chi connectivity index (χ2n) is 24.6. The van der Waals surface area contributed by atoms with Gasteiger partial charge in [-0.1, -0.05) is 246 Å². The summed E-state index contributed by atoms with van der Waals surface area (Å²) < 4.78 is 0. The van der Waals surface area contributed by atoms with E-state index in [1.54, 1.807) is 0 Å². The zero-order chi connectivity index (χ0) is 58.5. The first-order valence-electron chi connectivity index (χ1n) is 30.7. The molecule has 2 heteroatoms. The Morgan fingerprint density at radius 1 is 0.264 bits per heavy atom. The lowest BCUT2D eigenvalue weighted by Crippen LogP contribution is -2.16. The lowest BCUT2D eigenvalue weighted by atomic mass is 9.82. The highest BCUT2D eigenvalue weighted by molar-refractivity contribution is 6.26. The van der Waals surface area contributed by atoms with Crippen molar-refractivity contribution in [3.05, 3.63) is 313 Å². The van der Waals surface area contributed by atoms with Crippen molar-refractivity contribution in [2.45, 2.75) is 46.0 Å². The molecule has 0 aromatic heterocycles. The van der Waals surface area contributed by atoms with Gasteiger partial charge in [-0.3, -0.25) is 0 Å². The molecule has 0 radical (unpaired) electrons. The Morgan fingerprint density at radius 2 is 0.655 bits per heavy atom. The quantitative estimate of drug-likeness (QED) is 0.126. The summed E-state index contributed by atoms with van der Waals surface area (Å²) >= 11 is 0. The summed E-state index contributed by atoms with van der Waals surface area (Å²) in [6, 6.07) is 109. The highest BCUT2D eigenvalue weighted by atomic mass is 15.1. The fraction of sp³-hybridized carbons (Fsp3) is 0.0824. The van der Waals surface area contributed by atoms with Gasteiger partial charge < -0.3 is 9.80 Å². The summed E-state index contributed by atoms with van der Waals surface area (Å²) in [7, 11) is 0. The molecule has 1 aliphatic carbocycles. The molecule has 0 saturated carbocycles. The number of nitrogens with zero attached hydrogens (tertiary/aromatic N) is 2. The van der Waals surface area contributed by atoms with Gasteiger partial charge in [0.05, 0.1) is 0 Å². The molecule has 0 heterocycles. The van der Waals surface area contributed by atoms with Crippen LogP contribution in [0.15, 0.2) is 291 Å². The van der Waals surface area contributed by atoms with Crippen molar-refractivity contribution in [2.75, 3.05) is 9.80 Å². The molecule has 16 rings (SSSR count). The molecule has 1 aliphatic rings. The van der Waals surface area contributed by atoms with Crippen molar-refractivity contribution in [1.29, 1.82) is 0 Å². The minimum Gasteiger partial charge on any atom is -0.310 e. The van der Waals surface area contributed by atoms with Crippen molar-refractivity contribution in [1.82, 2.24) is 0 Å². The second-order valence-corrected chi connectivity index (χ2v) is 24.6. The monoisotopic (exact) mass is 1110 g/mol. The maximum atomic E-state index is 2.50. The number of benzene rings is 15. The summed E-state index contributed by atoms with van der Waals surface area (Å²) in [5, 5.41) is 14.4. The van der Waals surface area contributed by atoms with Crippen LogP contribution in [0.4, 0.5) is 34.1 Å². The van der Waals surface area contributed by atoms with Gasteiger partial charge in [0, 0.05) is 39.5 Å². The molecule has 0 fully saturated rings. The van der Waals surface area contributed by atoms with Gasteiger partial charge in [-0.25, -0.2) is 0 Å². The van der Waals surface area contributed by atoms with Crippen LogP contribution in [-0.4, -0.2) is 0 Å². The zero-order valence-electron chi connectivity index (χ0n) is 49.7. The minimum atomic E-state index is -0.182. The number of fused-ring (bicyclic) bond motifs is 9. The van der Waals surface area contributed by atoms with Crippen LogP contribution in [0.25, 0.3) is 109 Å². The molecule has 0 bridgehead atoms. The van der Waals surface area contributed by atoms with Crippen LogP contribution in [0.3, 0.4) is 0 Å². The van der Waals surface area contributed by atoms with Crippen LogP contribution in [0.5, 0.6) is 0 Å². The Hall–Kier alpha value is -10.5. The Labute approximate surface area is 509 Å².